The number of fused-ring (bicyclic) bond motifs is 1. The fraction of sp³-hybridized carbons (Fsp3) is 0.273. The standard InChI is InChI=1S/C22H25N7OS/c1-3-25-22(31)29-20-9-8-18-21(28-20)27-19(14-26-18)16(11-23)13-24-12-15-6-5-7-17(10-15)30-4-2/h5-11,13-14,16,23H,3-4,12H2,1-2H3,(H2,25,27,28,29,31). The van der Waals surface area contributed by atoms with Crippen LogP contribution < -0.4 is 15.4 Å². The van der Waals surface area contributed by atoms with E-state index in [-0.39, 0.29) is 0 Å². The van der Waals surface area contributed by atoms with Gasteiger partial charge in [-0.05, 0) is 55.9 Å². The van der Waals surface area contributed by atoms with Crippen LogP contribution in [0.2, 0.25) is 0 Å². The predicted octanol–water partition coefficient (Wildman–Crippen LogP) is 3.73. The number of hydrogen-bond acceptors (Lipinski definition) is 7. The summed E-state index contributed by atoms with van der Waals surface area (Å²) in [5, 5.41) is 14.3. The van der Waals surface area contributed by atoms with E-state index < -0.39 is 5.92 Å². The van der Waals surface area contributed by atoms with E-state index in [1.807, 2.05) is 44.2 Å². The Morgan fingerprint density at radius 1 is 1.26 bits per heavy atom. The largest absolute Gasteiger partial charge is 0.494 e. The summed E-state index contributed by atoms with van der Waals surface area (Å²) in [7, 11) is 0. The quantitative estimate of drug-likeness (QED) is 0.347. The van der Waals surface area contributed by atoms with Crippen molar-refractivity contribution in [1.82, 2.24) is 20.3 Å². The topological polar surface area (TPSA) is 108 Å². The number of anilines is 1. The maximum atomic E-state index is 7.80. The molecule has 2 aromatic heterocycles. The molecule has 160 valence electrons. The molecule has 31 heavy (non-hydrogen) atoms. The van der Waals surface area contributed by atoms with Crippen molar-refractivity contribution in [2.45, 2.75) is 26.3 Å². The van der Waals surface area contributed by atoms with Crippen LogP contribution in [0, 0.1) is 5.41 Å². The van der Waals surface area contributed by atoms with Gasteiger partial charge < -0.3 is 20.8 Å². The van der Waals surface area contributed by atoms with Crippen LogP contribution in [-0.2, 0) is 6.54 Å². The minimum atomic E-state index is -0.395. The van der Waals surface area contributed by atoms with Gasteiger partial charge in [0.15, 0.2) is 10.8 Å². The van der Waals surface area contributed by atoms with Crippen molar-refractivity contribution < 1.29 is 4.74 Å². The fourth-order valence-electron chi connectivity index (χ4n) is 2.84. The third kappa shape index (κ3) is 6.26. The molecule has 8 nitrogen and oxygen atoms in total. The second-order valence-electron chi connectivity index (χ2n) is 6.58. The maximum Gasteiger partial charge on any atom is 0.180 e. The molecule has 0 radical (unpaired) electrons. The number of benzene rings is 1. The van der Waals surface area contributed by atoms with E-state index in [1.54, 1.807) is 18.5 Å². The van der Waals surface area contributed by atoms with E-state index in [4.69, 9.17) is 22.4 Å². The zero-order valence-corrected chi connectivity index (χ0v) is 18.3. The lowest BCUT2D eigenvalue weighted by atomic mass is 10.1. The predicted molar refractivity (Wildman–Crippen MR) is 129 cm³/mol. The molecule has 2 heterocycles. The molecule has 0 amide bonds. The molecular weight excluding hydrogens is 410 g/mol. The first-order chi connectivity index (χ1) is 15.1. The van der Waals surface area contributed by atoms with Gasteiger partial charge in [0.1, 0.15) is 17.1 Å². The number of aliphatic imine (C=N–C) groups is 1. The van der Waals surface area contributed by atoms with E-state index >= 15 is 0 Å². The van der Waals surface area contributed by atoms with Gasteiger partial charge in [0, 0.05) is 19.0 Å². The molecule has 3 rings (SSSR count). The van der Waals surface area contributed by atoms with Crippen molar-refractivity contribution >= 4 is 46.7 Å². The number of nitrogens with zero attached hydrogens (tertiary/aromatic N) is 4. The maximum absolute atomic E-state index is 7.80. The summed E-state index contributed by atoms with van der Waals surface area (Å²) in [4.78, 5) is 18.0. The lowest BCUT2D eigenvalue weighted by Crippen LogP contribution is -2.28. The minimum absolute atomic E-state index is 0.395. The van der Waals surface area contributed by atoms with Gasteiger partial charge in [-0.3, -0.25) is 9.98 Å². The zero-order valence-electron chi connectivity index (χ0n) is 17.5. The normalized spacial score (nSPS) is 11.9. The van der Waals surface area contributed by atoms with Crippen molar-refractivity contribution in [3.05, 3.63) is 53.9 Å². The number of ether oxygens (including phenoxy) is 1. The molecule has 0 aliphatic rings. The van der Waals surface area contributed by atoms with Crippen LogP contribution in [0.3, 0.4) is 0 Å². The van der Waals surface area contributed by atoms with Crippen LogP contribution in [0.5, 0.6) is 5.75 Å². The van der Waals surface area contributed by atoms with Crippen molar-refractivity contribution in [2.24, 2.45) is 4.99 Å². The Morgan fingerprint density at radius 3 is 2.90 bits per heavy atom. The van der Waals surface area contributed by atoms with Crippen molar-refractivity contribution in [1.29, 1.82) is 5.41 Å². The van der Waals surface area contributed by atoms with Crippen LogP contribution in [0.15, 0.2) is 47.6 Å². The molecule has 0 saturated heterocycles. The van der Waals surface area contributed by atoms with E-state index in [0.717, 1.165) is 17.9 Å². The monoisotopic (exact) mass is 435 g/mol. The summed E-state index contributed by atoms with van der Waals surface area (Å²) in [6.45, 7) is 5.75. The van der Waals surface area contributed by atoms with Crippen molar-refractivity contribution in [2.75, 3.05) is 18.5 Å². The van der Waals surface area contributed by atoms with Gasteiger partial charge >= 0.3 is 0 Å². The van der Waals surface area contributed by atoms with Gasteiger partial charge in [-0.25, -0.2) is 9.97 Å². The average molecular weight is 436 g/mol. The van der Waals surface area contributed by atoms with Gasteiger partial charge in [0.25, 0.3) is 0 Å². The smallest absolute Gasteiger partial charge is 0.180 e. The number of aromatic nitrogens is 3. The molecule has 0 aliphatic carbocycles. The summed E-state index contributed by atoms with van der Waals surface area (Å²) >= 11 is 5.20. The first-order valence-corrected chi connectivity index (χ1v) is 10.4. The number of hydrogen-bond donors (Lipinski definition) is 3. The Hall–Kier alpha value is -3.46. The van der Waals surface area contributed by atoms with Crippen LogP contribution >= 0.6 is 12.2 Å². The molecule has 0 fully saturated rings. The minimum Gasteiger partial charge on any atom is -0.494 e. The highest BCUT2D eigenvalue weighted by Gasteiger charge is 2.11. The van der Waals surface area contributed by atoms with Crippen molar-refractivity contribution in [3.63, 3.8) is 0 Å². The highest BCUT2D eigenvalue weighted by molar-refractivity contribution is 7.80. The lowest BCUT2D eigenvalue weighted by Gasteiger charge is -2.09. The van der Waals surface area contributed by atoms with Crippen LogP contribution in [0.1, 0.15) is 31.0 Å². The van der Waals surface area contributed by atoms with E-state index in [0.29, 0.717) is 40.9 Å². The Bertz CT molecular complexity index is 1090. The van der Waals surface area contributed by atoms with Gasteiger partial charge in [-0.1, -0.05) is 12.1 Å². The summed E-state index contributed by atoms with van der Waals surface area (Å²) in [6, 6.07) is 11.4. The van der Waals surface area contributed by atoms with E-state index in [2.05, 4.69) is 30.6 Å². The Kier molecular flexibility index (Phi) is 7.94. The van der Waals surface area contributed by atoms with Crippen molar-refractivity contribution in [3.8, 4) is 5.75 Å². The number of pyridine rings is 1. The third-order valence-corrected chi connectivity index (χ3v) is 4.52. The number of nitrogens with one attached hydrogen (secondary N) is 3. The molecule has 1 atom stereocenters. The van der Waals surface area contributed by atoms with Gasteiger partial charge in [0.05, 0.1) is 31.0 Å². The molecule has 9 heteroatoms. The number of rotatable bonds is 9. The van der Waals surface area contributed by atoms with Crippen LogP contribution in [-0.4, -0.2) is 45.6 Å². The SMILES string of the molecule is CCNC(=S)Nc1ccc2ncc(C(C=N)C=NCc3cccc(OCC)c3)nc2n1. The fourth-order valence-corrected chi connectivity index (χ4v) is 3.09. The number of thiocarbonyl (C=S) groups is 1. The van der Waals surface area contributed by atoms with Crippen LogP contribution in [0.4, 0.5) is 5.82 Å². The highest BCUT2D eigenvalue weighted by Crippen LogP contribution is 2.17. The van der Waals surface area contributed by atoms with Gasteiger partial charge in [0.2, 0.25) is 0 Å². The molecule has 3 N–H and O–H groups in total. The summed E-state index contributed by atoms with van der Waals surface area (Å²) < 4.78 is 5.52. The Labute approximate surface area is 186 Å². The first kappa shape index (κ1) is 22.2. The Morgan fingerprint density at radius 2 is 2.13 bits per heavy atom. The molecule has 1 unspecified atom stereocenters. The summed E-state index contributed by atoms with van der Waals surface area (Å²) in [6.07, 6.45) is 4.65. The molecule has 1 aromatic carbocycles. The molecule has 0 saturated carbocycles. The van der Waals surface area contributed by atoms with E-state index in [9.17, 15) is 0 Å². The average Bonchev–Trinajstić information content (AvgIpc) is 2.77. The molecular formula is C22H25N7OS. The van der Waals surface area contributed by atoms with Gasteiger partial charge in [-0.2, -0.15) is 0 Å². The zero-order chi connectivity index (χ0) is 22.1. The highest BCUT2D eigenvalue weighted by atomic mass is 32.1. The molecule has 0 spiro atoms. The summed E-state index contributed by atoms with van der Waals surface area (Å²) in [5.41, 5.74) is 2.78. The van der Waals surface area contributed by atoms with Crippen LogP contribution in [0.25, 0.3) is 11.2 Å². The molecule has 3 aromatic rings. The van der Waals surface area contributed by atoms with Gasteiger partial charge in [-0.15, -0.1) is 0 Å². The first-order valence-electron chi connectivity index (χ1n) is 10.0. The molecule has 0 bridgehead atoms. The molecule has 0 aliphatic heterocycles. The lowest BCUT2D eigenvalue weighted by molar-refractivity contribution is 0.340. The third-order valence-electron chi connectivity index (χ3n) is 4.27. The second-order valence-corrected chi connectivity index (χ2v) is 6.99. The van der Waals surface area contributed by atoms with E-state index in [1.165, 1.54) is 6.21 Å². The second kappa shape index (κ2) is 11.1. The Balaban J connectivity index is 1.74. The summed E-state index contributed by atoms with van der Waals surface area (Å²) in [5.74, 6) is 1.01.